The van der Waals surface area contributed by atoms with Gasteiger partial charge in [-0.3, -0.25) is 0 Å². The van der Waals surface area contributed by atoms with E-state index in [-0.39, 0.29) is 0 Å². The number of nitrogens with one attached hydrogen (secondary N) is 1. The first kappa shape index (κ1) is 14.8. The summed E-state index contributed by atoms with van der Waals surface area (Å²) < 4.78 is 2.08. The maximum absolute atomic E-state index is 4.74. The van der Waals surface area contributed by atoms with Gasteiger partial charge in [0.15, 0.2) is 0 Å². The molecule has 0 spiro atoms. The predicted molar refractivity (Wildman–Crippen MR) is 84.5 cm³/mol. The van der Waals surface area contributed by atoms with Crippen molar-refractivity contribution in [3.05, 3.63) is 46.3 Å². The topological polar surface area (TPSA) is 29.9 Å². The zero-order chi connectivity index (χ0) is 14.9. The van der Waals surface area contributed by atoms with Crippen LogP contribution in [0.2, 0.25) is 0 Å². The van der Waals surface area contributed by atoms with E-state index >= 15 is 0 Å². The van der Waals surface area contributed by atoms with Crippen molar-refractivity contribution in [2.75, 3.05) is 0 Å². The minimum atomic E-state index is 0.484. The van der Waals surface area contributed by atoms with E-state index < -0.39 is 0 Å². The van der Waals surface area contributed by atoms with E-state index in [0.29, 0.717) is 6.04 Å². The number of benzene rings is 1. The summed E-state index contributed by atoms with van der Waals surface area (Å²) in [6, 6.07) is 6.99. The van der Waals surface area contributed by atoms with Crippen LogP contribution in [0.1, 0.15) is 41.9 Å². The van der Waals surface area contributed by atoms with Gasteiger partial charge in [-0.1, -0.05) is 26.0 Å². The molecule has 0 aliphatic heterocycles. The Kier molecular flexibility index (Phi) is 4.29. The second kappa shape index (κ2) is 5.80. The molecule has 0 atom stereocenters. The smallest absolute Gasteiger partial charge is 0.0680 e. The molecule has 0 fully saturated rings. The Morgan fingerprint density at radius 1 is 1.15 bits per heavy atom. The zero-order valence-corrected chi connectivity index (χ0v) is 13.4. The quantitative estimate of drug-likeness (QED) is 0.920. The van der Waals surface area contributed by atoms with E-state index in [4.69, 9.17) is 5.10 Å². The summed E-state index contributed by atoms with van der Waals surface area (Å²) in [6.07, 6.45) is 0. The van der Waals surface area contributed by atoms with Crippen molar-refractivity contribution >= 4 is 0 Å². The highest BCUT2D eigenvalue weighted by atomic mass is 15.3. The summed E-state index contributed by atoms with van der Waals surface area (Å²) >= 11 is 0. The lowest BCUT2D eigenvalue weighted by Crippen LogP contribution is -2.22. The van der Waals surface area contributed by atoms with Gasteiger partial charge in [0.25, 0.3) is 0 Å². The second-order valence-electron chi connectivity index (χ2n) is 5.89. The fourth-order valence-electron chi connectivity index (χ4n) is 2.42. The van der Waals surface area contributed by atoms with Crippen LogP contribution in [0.15, 0.2) is 18.2 Å². The van der Waals surface area contributed by atoms with Gasteiger partial charge in [0.1, 0.15) is 0 Å². The molecule has 1 N–H and O–H groups in total. The average Bonchev–Trinajstić information content (AvgIpc) is 2.65. The van der Waals surface area contributed by atoms with Gasteiger partial charge in [0.05, 0.1) is 11.4 Å². The third kappa shape index (κ3) is 2.93. The van der Waals surface area contributed by atoms with Crippen LogP contribution in [0.4, 0.5) is 0 Å². The van der Waals surface area contributed by atoms with E-state index in [0.717, 1.165) is 12.2 Å². The number of hydrogen-bond acceptors (Lipinski definition) is 2. The number of nitrogens with zero attached hydrogens (tertiary/aromatic N) is 2. The minimum absolute atomic E-state index is 0.484. The molecule has 20 heavy (non-hydrogen) atoms. The molecule has 0 amide bonds. The zero-order valence-electron chi connectivity index (χ0n) is 13.4. The molecule has 108 valence electrons. The van der Waals surface area contributed by atoms with E-state index in [1.165, 1.54) is 28.1 Å². The third-order valence-electron chi connectivity index (χ3n) is 3.72. The van der Waals surface area contributed by atoms with Crippen molar-refractivity contribution in [2.24, 2.45) is 0 Å². The van der Waals surface area contributed by atoms with Crippen molar-refractivity contribution in [3.8, 4) is 5.69 Å². The molecule has 0 unspecified atom stereocenters. The molecular weight excluding hydrogens is 246 g/mol. The van der Waals surface area contributed by atoms with Gasteiger partial charge in [0, 0.05) is 23.8 Å². The Morgan fingerprint density at radius 3 is 2.50 bits per heavy atom. The second-order valence-corrected chi connectivity index (χ2v) is 5.89. The highest BCUT2D eigenvalue weighted by molar-refractivity contribution is 5.45. The summed E-state index contributed by atoms with van der Waals surface area (Å²) in [5.41, 5.74) is 7.34. The SMILES string of the molecule is Cc1ccc(C)c(-n2nc(C)c(CNC(C)C)c2C)c1. The van der Waals surface area contributed by atoms with Crippen LogP contribution >= 0.6 is 0 Å². The molecule has 0 radical (unpaired) electrons. The number of aryl methyl sites for hydroxylation is 3. The maximum Gasteiger partial charge on any atom is 0.0680 e. The molecule has 0 bridgehead atoms. The first-order valence-corrected chi connectivity index (χ1v) is 7.26. The lowest BCUT2D eigenvalue weighted by Gasteiger charge is -2.11. The van der Waals surface area contributed by atoms with Gasteiger partial charge < -0.3 is 5.32 Å². The lowest BCUT2D eigenvalue weighted by atomic mass is 10.1. The summed E-state index contributed by atoms with van der Waals surface area (Å²) in [6.45, 7) is 13.7. The molecule has 3 nitrogen and oxygen atoms in total. The summed E-state index contributed by atoms with van der Waals surface area (Å²) in [4.78, 5) is 0. The first-order valence-electron chi connectivity index (χ1n) is 7.26. The van der Waals surface area contributed by atoms with Gasteiger partial charge in [-0.25, -0.2) is 4.68 Å². The summed E-state index contributed by atoms with van der Waals surface area (Å²) in [5.74, 6) is 0. The van der Waals surface area contributed by atoms with Crippen LogP contribution in [-0.4, -0.2) is 15.8 Å². The van der Waals surface area contributed by atoms with Crippen LogP contribution in [-0.2, 0) is 6.54 Å². The monoisotopic (exact) mass is 271 g/mol. The van der Waals surface area contributed by atoms with Crippen LogP contribution in [0, 0.1) is 27.7 Å². The minimum Gasteiger partial charge on any atom is -0.310 e. The normalized spacial score (nSPS) is 11.3. The Morgan fingerprint density at radius 2 is 1.85 bits per heavy atom. The van der Waals surface area contributed by atoms with Crippen molar-refractivity contribution in [2.45, 2.75) is 54.1 Å². The molecule has 0 saturated carbocycles. The van der Waals surface area contributed by atoms with E-state index in [2.05, 4.69) is 69.7 Å². The highest BCUT2D eigenvalue weighted by Crippen LogP contribution is 2.21. The summed E-state index contributed by atoms with van der Waals surface area (Å²) in [7, 11) is 0. The van der Waals surface area contributed by atoms with Crippen molar-refractivity contribution in [3.63, 3.8) is 0 Å². The Hall–Kier alpha value is -1.61. The molecular formula is C17H25N3. The van der Waals surface area contributed by atoms with E-state index in [1.54, 1.807) is 0 Å². The molecule has 0 aliphatic carbocycles. The molecule has 1 aromatic heterocycles. The van der Waals surface area contributed by atoms with Crippen molar-refractivity contribution < 1.29 is 0 Å². The molecule has 0 saturated heterocycles. The summed E-state index contributed by atoms with van der Waals surface area (Å²) in [5, 5.41) is 8.22. The van der Waals surface area contributed by atoms with Crippen LogP contribution in [0.5, 0.6) is 0 Å². The molecule has 0 aliphatic rings. The highest BCUT2D eigenvalue weighted by Gasteiger charge is 2.14. The fraction of sp³-hybridized carbons (Fsp3) is 0.471. The van der Waals surface area contributed by atoms with Gasteiger partial charge in [-0.05, 0) is 44.9 Å². The van der Waals surface area contributed by atoms with Gasteiger partial charge in [-0.15, -0.1) is 0 Å². The van der Waals surface area contributed by atoms with E-state index in [1.807, 2.05) is 0 Å². The van der Waals surface area contributed by atoms with Crippen LogP contribution < -0.4 is 5.32 Å². The predicted octanol–water partition coefficient (Wildman–Crippen LogP) is 3.60. The Balaban J connectivity index is 2.43. The Bertz CT molecular complexity index is 609. The fourth-order valence-corrected chi connectivity index (χ4v) is 2.42. The molecule has 1 aromatic carbocycles. The van der Waals surface area contributed by atoms with Crippen molar-refractivity contribution in [1.29, 1.82) is 0 Å². The van der Waals surface area contributed by atoms with E-state index in [9.17, 15) is 0 Å². The van der Waals surface area contributed by atoms with Crippen LogP contribution in [0.3, 0.4) is 0 Å². The van der Waals surface area contributed by atoms with Gasteiger partial charge >= 0.3 is 0 Å². The Labute approximate surface area is 122 Å². The van der Waals surface area contributed by atoms with Gasteiger partial charge in [-0.2, -0.15) is 5.10 Å². The molecule has 2 aromatic rings. The van der Waals surface area contributed by atoms with Crippen molar-refractivity contribution in [1.82, 2.24) is 15.1 Å². The van der Waals surface area contributed by atoms with Crippen LogP contribution in [0.25, 0.3) is 5.69 Å². The first-order chi connectivity index (χ1) is 9.40. The molecule has 2 rings (SSSR count). The number of hydrogen-bond donors (Lipinski definition) is 1. The third-order valence-corrected chi connectivity index (χ3v) is 3.72. The maximum atomic E-state index is 4.74. The average molecular weight is 271 g/mol. The number of aromatic nitrogens is 2. The molecule has 1 heterocycles. The van der Waals surface area contributed by atoms with Gasteiger partial charge in [0.2, 0.25) is 0 Å². The lowest BCUT2D eigenvalue weighted by molar-refractivity contribution is 0.586. The standard InChI is InChI=1S/C17H25N3/c1-11(2)18-10-16-14(5)19-20(15(16)6)17-9-12(3)7-8-13(17)4/h7-9,11,18H,10H2,1-6H3. The number of rotatable bonds is 4. The largest absolute Gasteiger partial charge is 0.310 e. The molecule has 3 heteroatoms.